The van der Waals surface area contributed by atoms with Crippen LogP contribution in [0.3, 0.4) is 0 Å². The fourth-order valence-electron chi connectivity index (χ4n) is 2.59. The number of rotatable bonds is 9. The molecule has 2 N–H and O–H groups in total. The molecule has 1 aromatic heterocycles. The maximum atomic E-state index is 6.34. The van der Waals surface area contributed by atoms with Gasteiger partial charge in [0.15, 0.2) is 0 Å². The molecule has 2 rings (SSSR count). The number of nitrogens with zero attached hydrogens (tertiary/aromatic N) is 1. The first-order valence-corrected chi connectivity index (χ1v) is 9.73. The summed E-state index contributed by atoms with van der Waals surface area (Å²) in [5.74, 6) is 0. The van der Waals surface area contributed by atoms with Crippen molar-refractivity contribution in [1.82, 2.24) is 4.81 Å². The highest BCUT2D eigenvalue weighted by Gasteiger charge is 2.23. The maximum absolute atomic E-state index is 6.34. The van der Waals surface area contributed by atoms with E-state index in [1.165, 1.54) is 15.6 Å². The number of alkyl halides is 1. The van der Waals surface area contributed by atoms with E-state index < -0.39 is 0 Å². The number of nitrogens with two attached hydrogens (primary N) is 1. The smallest absolute Gasteiger partial charge is 0.363 e. The lowest BCUT2D eigenvalue weighted by Crippen LogP contribution is -2.39. The van der Waals surface area contributed by atoms with Crippen LogP contribution in [0.4, 0.5) is 0 Å². The zero-order chi connectivity index (χ0) is 16.8. The Morgan fingerprint density at radius 1 is 1.48 bits per heavy atom. The average molecular weight is 417 g/mol. The van der Waals surface area contributed by atoms with Crippen molar-refractivity contribution in [2.24, 2.45) is 5.73 Å². The second-order valence-corrected chi connectivity index (χ2v) is 7.25. The Bertz CT molecular complexity index is 647. The first-order chi connectivity index (χ1) is 11.1. The molecule has 0 spiro atoms. The lowest BCUT2D eigenvalue weighted by atomic mass is 9.57. The van der Waals surface area contributed by atoms with Crippen LogP contribution >= 0.6 is 38.9 Å². The van der Waals surface area contributed by atoms with Crippen molar-refractivity contribution < 1.29 is 9.31 Å². The maximum Gasteiger partial charge on any atom is 0.363 e. The van der Waals surface area contributed by atoms with Gasteiger partial charge in [0.25, 0.3) is 0 Å². The second-order valence-electron chi connectivity index (χ2n) is 5.37. The highest BCUT2D eigenvalue weighted by Crippen LogP contribution is 2.29. The third-order valence-electron chi connectivity index (χ3n) is 3.66. The standard InChI is InChI=1S/C14H20B2BrClN2O2S/c1-20(15-21-2)4-3-16(22-9-19)13-6-11(18)5-12-10(7-17)8-23-14(12)13/h5-6,8,15H,3-4,7,9,19H2,1-2H3. The molecule has 0 aliphatic rings. The Balaban J connectivity index is 2.31. The van der Waals surface area contributed by atoms with Gasteiger partial charge in [0.05, 0.1) is 6.73 Å². The van der Waals surface area contributed by atoms with Gasteiger partial charge in [-0.05, 0) is 53.8 Å². The highest BCUT2D eigenvalue weighted by atomic mass is 79.9. The molecule has 0 aliphatic heterocycles. The van der Waals surface area contributed by atoms with E-state index in [9.17, 15) is 0 Å². The van der Waals surface area contributed by atoms with E-state index in [1.54, 1.807) is 18.4 Å². The van der Waals surface area contributed by atoms with Crippen LogP contribution in [0.5, 0.6) is 0 Å². The largest absolute Gasteiger partial charge is 0.427 e. The lowest BCUT2D eigenvalue weighted by Gasteiger charge is -2.19. The highest BCUT2D eigenvalue weighted by molar-refractivity contribution is 9.08. The number of hydrogen-bond donors (Lipinski definition) is 1. The van der Waals surface area contributed by atoms with Gasteiger partial charge < -0.3 is 19.9 Å². The molecule has 0 saturated carbocycles. The number of thiophene rings is 1. The number of halogens is 2. The summed E-state index contributed by atoms with van der Waals surface area (Å²) in [5.41, 5.74) is 8.01. The second kappa shape index (κ2) is 9.42. The van der Waals surface area contributed by atoms with E-state index in [4.69, 9.17) is 26.6 Å². The van der Waals surface area contributed by atoms with E-state index in [1.807, 2.05) is 19.2 Å². The molecule has 0 atom stereocenters. The SMILES string of the molecule is COBN(C)CCB(OCN)c1cc(Cl)cc2c(CBr)csc12. The van der Waals surface area contributed by atoms with Crippen LogP contribution < -0.4 is 11.2 Å². The number of fused-ring (bicyclic) bond motifs is 1. The van der Waals surface area contributed by atoms with Crippen molar-refractivity contribution in [3.8, 4) is 0 Å². The summed E-state index contributed by atoms with van der Waals surface area (Å²) in [6, 6.07) is 4.01. The summed E-state index contributed by atoms with van der Waals surface area (Å²) in [4.78, 5) is 2.10. The fraction of sp³-hybridized carbons (Fsp3) is 0.429. The normalized spacial score (nSPS) is 11.4. The monoisotopic (exact) mass is 416 g/mol. The van der Waals surface area contributed by atoms with Gasteiger partial charge in [-0.15, -0.1) is 11.3 Å². The van der Waals surface area contributed by atoms with Crippen LogP contribution in [0.1, 0.15) is 5.56 Å². The van der Waals surface area contributed by atoms with Crippen LogP contribution in [0.2, 0.25) is 11.3 Å². The Morgan fingerprint density at radius 2 is 2.26 bits per heavy atom. The van der Waals surface area contributed by atoms with Crippen molar-refractivity contribution in [1.29, 1.82) is 0 Å². The molecule has 0 aliphatic carbocycles. The summed E-state index contributed by atoms with van der Waals surface area (Å²) < 4.78 is 12.2. The number of hydrogen-bond acceptors (Lipinski definition) is 5. The van der Waals surface area contributed by atoms with Crippen molar-refractivity contribution in [3.63, 3.8) is 0 Å². The molecule has 23 heavy (non-hydrogen) atoms. The molecule has 1 aromatic carbocycles. The minimum Gasteiger partial charge on any atom is -0.427 e. The van der Waals surface area contributed by atoms with Gasteiger partial charge in [-0.3, -0.25) is 0 Å². The van der Waals surface area contributed by atoms with E-state index >= 15 is 0 Å². The summed E-state index contributed by atoms with van der Waals surface area (Å²) in [6.45, 7) is 0.953. The molecule has 4 nitrogen and oxygen atoms in total. The molecule has 2 aromatic rings. The van der Waals surface area contributed by atoms with Gasteiger partial charge in [0, 0.05) is 22.2 Å². The summed E-state index contributed by atoms with van der Waals surface area (Å²) in [5, 5.41) is 4.89. The van der Waals surface area contributed by atoms with Gasteiger partial charge in [-0.25, -0.2) is 0 Å². The molecule has 0 fully saturated rings. The molecule has 0 amide bonds. The van der Waals surface area contributed by atoms with Crippen molar-refractivity contribution in [2.45, 2.75) is 11.7 Å². The van der Waals surface area contributed by atoms with Crippen molar-refractivity contribution in [3.05, 3.63) is 28.1 Å². The van der Waals surface area contributed by atoms with Gasteiger partial charge in [-0.2, -0.15) is 0 Å². The van der Waals surface area contributed by atoms with Gasteiger partial charge >= 0.3 is 14.5 Å². The molecule has 0 unspecified atom stereocenters. The average Bonchev–Trinajstić information content (AvgIpc) is 2.93. The van der Waals surface area contributed by atoms with E-state index in [0.29, 0.717) is 7.62 Å². The zero-order valence-electron chi connectivity index (χ0n) is 13.4. The predicted molar refractivity (Wildman–Crippen MR) is 107 cm³/mol. The van der Waals surface area contributed by atoms with Crippen molar-refractivity contribution >= 4 is 68.9 Å². The summed E-state index contributed by atoms with van der Waals surface area (Å²) in [7, 11) is 4.30. The molecular formula is C14H20B2BrClN2O2S. The summed E-state index contributed by atoms with van der Waals surface area (Å²) >= 11 is 11.6. The Hall–Kier alpha value is -0.0801. The molecule has 9 heteroatoms. The van der Waals surface area contributed by atoms with Crippen LogP contribution in [-0.2, 0) is 14.6 Å². The first-order valence-electron chi connectivity index (χ1n) is 7.35. The molecule has 0 bridgehead atoms. The Kier molecular flexibility index (Phi) is 7.88. The predicted octanol–water partition coefficient (Wildman–Crippen LogP) is 2.43. The van der Waals surface area contributed by atoms with Crippen LogP contribution in [0.15, 0.2) is 17.5 Å². The van der Waals surface area contributed by atoms with E-state index in [2.05, 4.69) is 26.1 Å². The van der Waals surface area contributed by atoms with Crippen LogP contribution in [-0.4, -0.2) is 46.8 Å². The lowest BCUT2D eigenvalue weighted by molar-refractivity contribution is 0.332. The minimum atomic E-state index is -0.0812. The first kappa shape index (κ1) is 19.2. The molecule has 1 heterocycles. The molecule has 0 saturated heterocycles. The third kappa shape index (κ3) is 4.95. The topological polar surface area (TPSA) is 47.7 Å². The third-order valence-corrected chi connectivity index (χ3v) is 5.57. The molecular weight excluding hydrogens is 397 g/mol. The molecule has 0 radical (unpaired) electrons. The fourth-order valence-corrected chi connectivity index (χ4v) is 4.61. The van der Waals surface area contributed by atoms with E-state index in [0.717, 1.165) is 28.7 Å². The minimum absolute atomic E-state index is 0.0812. The zero-order valence-corrected chi connectivity index (χ0v) is 16.5. The van der Waals surface area contributed by atoms with Gasteiger partial charge in [0.1, 0.15) is 0 Å². The van der Waals surface area contributed by atoms with Gasteiger partial charge in [-0.1, -0.05) is 27.5 Å². The van der Waals surface area contributed by atoms with Gasteiger partial charge in [0.2, 0.25) is 0 Å². The Morgan fingerprint density at radius 3 is 2.91 bits per heavy atom. The molecule has 124 valence electrons. The van der Waals surface area contributed by atoms with Crippen molar-refractivity contribution in [2.75, 3.05) is 27.4 Å². The van der Waals surface area contributed by atoms with Crippen LogP contribution in [0, 0.1) is 0 Å². The van der Waals surface area contributed by atoms with Crippen LogP contribution in [0.25, 0.3) is 10.1 Å². The Labute approximate surface area is 155 Å². The number of benzene rings is 1. The summed E-state index contributed by atoms with van der Waals surface area (Å²) in [6.07, 6.45) is 0.827. The quantitative estimate of drug-likeness (QED) is 0.387. The van der Waals surface area contributed by atoms with E-state index in [-0.39, 0.29) is 13.6 Å².